The highest BCUT2D eigenvalue weighted by Crippen LogP contribution is 2.16. The third-order valence-corrected chi connectivity index (χ3v) is 3.41. The molecule has 0 spiro atoms. The number of urea groups is 1. The van der Waals surface area contributed by atoms with Crippen LogP contribution in [0.15, 0.2) is 41.5 Å². The van der Waals surface area contributed by atoms with Gasteiger partial charge < -0.3 is 5.32 Å². The van der Waals surface area contributed by atoms with Crippen LogP contribution in [0.1, 0.15) is 32.4 Å². The van der Waals surface area contributed by atoms with Gasteiger partial charge in [0.1, 0.15) is 0 Å². The molecule has 0 aliphatic carbocycles. The van der Waals surface area contributed by atoms with Gasteiger partial charge in [-0.3, -0.25) is 4.84 Å². The first-order valence-electron chi connectivity index (χ1n) is 6.49. The Bertz CT molecular complexity index is 482. The van der Waals surface area contributed by atoms with Crippen LogP contribution >= 0.6 is 0 Å². The monoisotopic (exact) mass is 260 g/mol. The van der Waals surface area contributed by atoms with Crippen LogP contribution in [-0.4, -0.2) is 24.2 Å². The molecule has 1 aromatic rings. The number of carbonyl (C=O) groups excluding carboxylic acids is 1. The van der Waals surface area contributed by atoms with Crippen molar-refractivity contribution >= 4 is 6.03 Å². The smallest absolute Gasteiger partial charge is 0.330 e. The van der Waals surface area contributed by atoms with Crippen molar-refractivity contribution < 1.29 is 9.63 Å². The van der Waals surface area contributed by atoms with E-state index in [0.29, 0.717) is 13.2 Å². The summed E-state index contributed by atoms with van der Waals surface area (Å²) in [6.45, 7) is 7.03. The molecule has 0 saturated heterocycles. The molecular formula is C15H20N2O2. The van der Waals surface area contributed by atoms with Crippen molar-refractivity contribution in [1.82, 2.24) is 10.4 Å². The summed E-state index contributed by atoms with van der Waals surface area (Å²) in [6.07, 6.45) is 0. The second kappa shape index (κ2) is 5.89. The summed E-state index contributed by atoms with van der Waals surface area (Å²) >= 11 is 0. The van der Waals surface area contributed by atoms with Gasteiger partial charge in [0.25, 0.3) is 0 Å². The zero-order valence-corrected chi connectivity index (χ0v) is 11.6. The Labute approximate surface area is 114 Å². The summed E-state index contributed by atoms with van der Waals surface area (Å²) in [7, 11) is 0. The van der Waals surface area contributed by atoms with E-state index < -0.39 is 0 Å². The summed E-state index contributed by atoms with van der Waals surface area (Å²) in [5.41, 5.74) is 3.46. The van der Waals surface area contributed by atoms with Crippen LogP contribution in [0, 0.1) is 0 Å². The summed E-state index contributed by atoms with van der Waals surface area (Å²) in [6, 6.07) is 9.65. The van der Waals surface area contributed by atoms with Gasteiger partial charge in [0.15, 0.2) is 0 Å². The number of nitrogens with zero attached hydrogens (tertiary/aromatic N) is 1. The zero-order chi connectivity index (χ0) is 13.8. The minimum Gasteiger partial charge on any atom is -0.330 e. The lowest BCUT2D eigenvalue weighted by Gasteiger charge is -2.29. The van der Waals surface area contributed by atoms with Gasteiger partial charge in [0, 0.05) is 0 Å². The molecule has 19 heavy (non-hydrogen) atoms. The van der Waals surface area contributed by atoms with Crippen LogP contribution in [0.2, 0.25) is 0 Å². The molecule has 0 fully saturated rings. The van der Waals surface area contributed by atoms with E-state index in [0.717, 1.165) is 5.56 Å². The SMILES string of the molecule is CC1=C(C)CN(C(=O)NC(C)c2ccccc2)OC1. The number of carbonyl (C=O) groups is 1. The molecule has 102 valence electrons. The topological polar surface area (TPSA) is 41.6 Å². The maximum atomic E-state index is 12.1. The largest absolute Gasteiger partial charge is 0.342 e. The fourth-order valence-electron chi connectivity index (χ4n) is 1.91. The number of rotatable bonds is 2. The van der Waals surface area contributed by atoms with Crippen molar-refractivity contribution in [3.63, 3.8) is 0 Å². The number of hydroxylamine groups is 2. The van der Waals surface area contributed by atoms with Gasteiger partial charge in [-0.25, -0.2) is 4.79 Å². The number of hydrogen-bond donors (Lipinski definition) is 1. The second-order valence-electron chi connectivity index (χ2n) is 4.95. The van der Waals surface area contributed by atoms with Crippen LogP contribution in [0.4, 0.5) is 4.79 Å². The first-order valence-corrected chi connectivity index (χ1v) is 6.49. The third kappa shape index (κ3) is 3.35. The molecule has 2 amide bonds. The lowest BCUT2D eigenvalue weighted by Crippen LogP contribution is -2.44. The molecule has 1 N–H and O–H groups in total. The third-order valence-electron chi connectivity index (χ3n) is 3.41. The van der Waals surface area contributed by atoms with Crippen molar-refractivity contribution in [2.24, 2.45) is 0 Å². The Balaban J connectivity index is 1.95. The molecule has 0 radical (unpaired) electrons. The Kier molecular flexibility index (Phi) is 4.22. The molecule has 1 aromatic carbocycles. The zero-order valence-electron chi connectivity index (χ0n) is 11.6. The maximum Gasteiger partial charge on any atom is 0.342 e. The Morgan fingerprint density at radius 1 is 1.26 bits per heavy atom. The molecule has 4 nitrogen and oxygen atoms in total. The van der Waals surface area contributed by atoms with E-state index in [9.17, 15) is 4.79 Å². The van der Waals surface area contributed by atoms with Gasteiger partial charge in [-0.2, -0.15) is 5.06 Å². The number of hydrogen-bond acceptors (Lipinski definition) is 2. The van der Waals surface area contributed by atoms with E-state index in [1.54, 1.807) is 0 Å². The van der Waals surface area contributed by atoms with Gasteiger partial charge in [0.05, 0.1) is 19.2 Å². The predicted molar refractivity (Wildman–Crippen MR) is 74.4 cm³/mol. The Hall–Kier alpha value is -1.81. The van der Waals surface area contributed by atoms with Gasteiger partial charge in [-0.15, -0.1) is 0 Å². The molecule has 1 heterocycles. The van der Waals surface area contributed by atoms with Crippen LogP contribution in [0.3, 0.4) is 0 Å². The van der Waals surface area contributed by atoms with Crippen molar-refractivity contribution in [1.29, 1.82) is 0 Å². The average Bonchev–Trinajstić information content (AvgIpc) is 2.42. The lowest BCUT2D eigenvalue weighted by atomic mass is 10.1. The summed E-state index contributed by atoms with van der Waals surface area (Å²) < 4.78 is 0. The molecule has 1 atom stereocenters. The van der Waals surface area contributed by atoms with Crippen molar-refractivity contribution in [2.45, 2.75) is 26.8 Å². The van der Waals surface area contributed by atoms with Crippen LogP contribution in [-0.2, 0) is 4.84 Å². The molecule has 1 unspecified atom stereocenters. The molecule has 1 aliphatic rings. The second-order valence-corrected chi connectivity index (χ2v) is 4.95. The molecule has 2 rings (SSSR count). The molecule has 4 heteroatoms. The van der Waals surface area contributed by atoms with Gasteiger partial charge in [-0.1, -0.05) is 35.9 Å². The average molecular weight is 260 g/mol. The summed E-state index contributed by atoms with van der Waals surface area (Å²) in [5, 5.41) is 4.33. The van der Waals surface area contributed by atoms with Gasteiger partial charge in [0.2, 0.25) is 0 Å². The number of nitrogens with one attached hydrogen (secondary N) is 1. The molecule has 0 aromatic heterocycles. The Morgan fingerprint density at radius 3 is 2.58 bits per heavy atom. The highest BCUT2D eigenvalue weighted by molar-refractivity contribution is 5.74. The van der Waals surface area contributed by atoms with Gasteiger partial charge in [-0.05, 0) is 31.9 Å². The predicted octanol–water partition coefficient (Wildman–Crippen LogP) is 3.04. The summed E-state index contributed by atoms with van der Waals surface area (Å²) in [5.74, 6) is 0. The van der Waals surface area contributed by atoms with Crippen molar-refractivity contribution in [2.75, 3.05) is 13.2 Å². The number of benzene rings is 1. The highest BCUT2D eigenvalue weighted by atomic mass is 16.7. The van der Waals surface area contributed by atoms with E-state index in [1.165, 1.54) is 16.2 Å². The quantitative estimate of drug-likeness (QED) is 0.830. The molecule has 0 bridgehead atoms. The van der Waals surface area contributed by atoms with E-state index in [2.05, 4.69) is 5.32 Å². The summed E-state index contributed by atoms with van der Waals surface area (Å²) in [4.78, 5) is 17.5. The standard InChI is InChI=1S/C15H20N2O2/c1-11-9-17(19-10-12(11)2)15(18)16-13(3)14-7-5-4-6-8-14/h4-8,13H,9-10H2,1-3H3,(H,16,18). The minimum absolute atomic E-state index is 0.0374. The van der Waals surface area contributed by atoms with Gasteiger partial charge >= 0.3 is 6.03 Å². The maximum absolute atomic E-state index is 12.1. The van der Waals surface area contributed by atoms with Crippen LogP contribution < -0.4 is 5.32 Å². The van der Waals surface area contributed by atoms with Crippen LogP contribution in [0.5, 0.6) is 0 Å². The van der Waals surface area contributed by atoms with E-state index in [1.807, 2.05) is 51.1 Å². The lowest BCUT2D eigenvalue weighted by molar-refractivity contribution is -0.110. The molecule has 0 saturated carbocycles. The highest BCUT2D eigenvalue weighted by Gasteiger charge is 2.21. The molecular weight excluding hydrogens is 240 g/mol. The van der Waals surface area contributed by atoms with E-state index >= 15 is 0 Å². The van der Waals surface area contributed by atoms with E-state index in [4.69, 9.17) is 4.84 Å². The Morgan fingerprint density at radius 2 is 1.95 bits per heavy atom. The number of amides is 2. The first kappa shape index (κ1) is 13.6. The van der Waals surface area contributed by atoms with E-state index in [-0.39, 0.29) is 12.1 Å². The van der Waals surface area contributed by atoms with Crippen molar-refractivity contribution in [3.8, 4) is 0 Å². The fraction of sp³-hybridized carbons (Fsp3) is 0.400. The first-order chi connectivity index (χ1) is 9.08. The van der Waals surface area contributed by atoms with Crippen LogP contribution in [0.25, 0.3) is 0 Å². The fourth-order valence-corrected chi connectivity index (χ4v) is 1.91. The van der Waals surface area contributed by atoms with Crippen molar-refractivity contribution in [3.05, 3.63) is 47.0 Å². The minimum atomic E-state index is -0.191. The normalized spacial score (nSPS) is 17.3. The molecule has 1 aliphatic heterocycles.